The molecule has 172 valence electrons. The van der Waals surface area contributed by atoms with Crippen LogP contribution in [-0.4, -0.2) is 46.8 Å². The minimum absolute atomic E-state index is 0.463. The van der Waals surface area contributed by atoms with E-state index in [-0.39, 0.29) is 0 Å². The van der Waals surface area contributed by atoms with Gasteiger partial charge in [0.05, 0.1) is 7.11 Å². The molecule has 33 heavy (non-hydrogen) atoms. The number of ether oxygens (including phenoxy) is 1. The van der Waals surface area contributed by atoms with Gasteiger partial charge in [-0.15, -0.1) is 0 Å². The highest BCUT2D eigenvalue weighted by atomic mass is 35.5. The first-order valence-electron chi connectivity index (χ1n) is 10.3. The van der Waals surface area contributed by atoms with Crippen molar-refractivity contribution in [3.8, 4) is 16.9 Å². The molecule has 2 heterocycles. The van der Waals surface area contributed by atoms with Crippen LogP contribution in [0.1, 0.15) is 24.5 Å². The van der Waals surface area contributed by atoms with Crippen LogP contribution in [0.25, 0.3) is 11.1 Å². The standard InChI is InChI=1S/C23H21ClN2O3.C2H4O2/c1-29-21-7-5-15(12-19(21)17-3-2-4-18(24)13-17)11-16-6-8-22(25-14-16)26-10-9-20(26)23(27)28;1-2(3)4/h2-8,12-14,20H,9-11H2,1H3,(H,27,28);1H3,(H,3,4). The summed E-state index contributed by atoms with van der Waals surface area (Å²) in [6.07, 6.45) is 3.19. The number of anilines is 1. The molecule has 1 aliphatic heterocycles. The largest absolute Gasteiger partial charge is 0.496 e. The molecule has 1 fully saturated rings. The number of halogens is 1. The van der Waals surface area contributed by atoms with Gasteiger partial charge in [-0.05, 0) is 59.9 Å². The van der Waals surface area contributed by atoms with Gasteiger partial charge in [0.15, 0.2) is 0 Å². The number of benzene rings is 2. The molecule has 1 aliphatic rings. The zero-order valence-electron chi connectivity index (χ0n) is 18.4. The summed E-state index contributed by atoms with van der Waals surface area (Å²) >= 11 is 6.16. The van der Waals surface area contributed by atoms with E-state index in [9.17, 15) is 9.90 Å². The second kappa shape index (κ2) is 10.8. The van der Waals surface area contributed by atoms with E-state index in [1.54, 1.807) is 7.11 Å². The van der Waals surface area contributed by atoms with Crippen molar-refractivity contribution in [1.82, 2.24) is 4.98 Å². The molecule has 7 nitrogen and oxygen atoms in total. The lowest BCUT2D eigenvalue weighted by Crippen LogP contribution is -2.52. The smallest absolute Gasteiger partial charge is 0.326 e. The van der Waals surface area contributed by atoms with Crippen LogP contribution >= 0.6 is 11.6 Å². The Kier molecular flexibility index (Phi) is 7.90. The van der Waals surface area contributed by atoms with Gasteiger partial charge in [-0.3, -0.25) is 4.79 Å². The van der Waals surface area contributed by atoms with E-state index in [0.29, 0.717) is 23.7 Å². The molecule has 0 amide bonds. The average molecular weight is 469 g/mol. The molecule has 1 saturated heterocycles. The number of carboxylic acids is 2. The topological polar surface area (TPSA) is 100.0 Å². The van der Waals surface area contributed by atoms with Crippen molar-refractivity contribution in [2.24, 2.45) is 0 Å². The number of methoxy groups -OCH3 is 1. The van der Waals surface area contributed by atoms with Crippen LogP contribution in [0.3, 0.4) is 0 Å². The van der Waals surface area contributed by atoms with E-state index in [2.05, 4.69) is 11.1 Å². The summed E-state index contributed by atoms with van der Waals surface area (Å²) < 4.78 is 5.53. The third kappa shape index (κ3) is 6.23. The summed E-state index contributed by atoms with van der Waals surface area (Å²) in [5.41, 5.74) is 4.18. The number of aromatic nitrogens is 1. The monoisotopic (exact) mass is 468 g/mol. The highest BCUT2D eigenvalue weighted by Gasteiger charge is 2.34. The van der Waals surface area contributed by atoms with E-state index in [1.165, 1.54) is 0 Å². The maximum absolute atomic E-state index is 11.2. The van der Waals surface area contributed by atoms with Gasteiger partial charge >= 0.3 is 5.97 Å². The molecular weight excluding hydrogens is 444 g/mol. The first-order valence-corrected chi connectivity index (χ1v) is 10.7. The maximum atomic E-state index is 11.2. The van der Waals surface area contributed by atoms with Gasteiger partial charge in [0.25, 0.3) is 5.97 Å². The molecule has 2 N–H and O–H groups in total. The molecule has 0 spiro atoms. The van der Waals surface area contributed by atoms with Crippen LogP contribution in [0, 0.1) is 0 Å². The van der Waals surface area contributed by atoms with Crippen LogP contribution in [0.4, 0.5) is 5.82 Å². The van der Waals surface area contributed by atoms with E-state index in [1.807, 2.05) is 59.6 Å². The Morgan fingerprint density at radius 1 is 1.12 bits per heavy atom. The van der Waals surface area contributed by atoms with Crippen molar-refractivity contribution in [3.05, 3.63) is 76.9 Å². The van der Waals surface area contributed by atoms with E-state index < -0.39 is 18.0 Å². The van der Waals surface area contributed by atoms with Crippen molar-refractivity contribution >= 4 is 29.4 Å². The molecule has 0 radical (unpaired) electrons. The van der Waals surface area contributed by atoms with Crippen LogP contribution in [-0.2, 0) is 16.0 Å². The third-order valence-corrected chi connectivity index (χ3v) is 5.45. The Labute approximate surface area is 197 Å². The Morgan fingerprint density at radius 2 is 1.85 bits per heavy atom. The van der Waals surface area contributed by atoms with E-state index in [0.717, 1.165) is 41.5 Å². The lowest BCUT2D eigenvalue weighted by molar-refractivity contribution is -0.140. The molecule has 4 rings (SSSR count). The Balaban J connectivity index is 0.000000709. The predicted octanol–water partition coefficient (Wildman–Crippen LogP) is 4.76. The zero-order valence-corrected chi connectivity index (χ0v) is 19.1. The highest BCUT2D eigenvalue weighted by molar-refractivity contribution is 6.30. The molecular formula is C25H25ClN2O5. The fourth-order valence-electron chi connectivity index (χ4n) is 3.59. The number of hydrogen-bond donors (Lipinski definition) is 2. The van der Waals surface area contributed by atoms with Crippen molar-refractivity contribution in [2.75, 3.05) is 18.6 Å². The molecule has 1 unspecified atom stereocenters. The van der Waals surface area contributed by atoms with Crippen molar-refractivity contribution in [2.45, 2.75) is 25.8 Å². The molecule has 3 aromatic rings. The number of pyridine rings is 1. The maximum Gasteiger partial charge on any atom is 0.326 e. The van der Waals surface area contributed by atoms with Crippen molar-refractivity contribution in [1.29, 1.82) is 0 Å². The Hall–Kier alpha value is -3.58. The fourth-order valence-corrected chi connectivity index (χ4v) is 3.78. The number of nitrogens with zero attached hydrogens (tertiary/aromatic N) is 2. The minimum atomic E-state index is -0.833. The van der Waals surface area contributed by atoms with Gasteiger partial charge in [0.2, 0.25) is 0 Å². The second-order valence-corrected chi connectivity index (χ2v) is 8.04. The first-order chi connectivity index (χ1) is 15.8. The third-order valence-electron chi connectivity index (χ3n) is 5.22. The quantitative estimate of drug-likeness (QED) is 0.538. The van der Waals surface area contributed by atoms with Crippen LogP contribution in [0.5, 0.6) is 5.75 Å². The van der Waals surface area contributed by atoms with Gasteiger partial charge in [0, 0.05) is 30.3 Å². The highest BCUT2D eigenvalue weighted by Crippen LogP contribution is 2.33. The summed E-state index contributed by atoms with van der Waals surface area (Å²) in [7, 11) is 1.66. The number of rotatable bonds is 6. The fraction of sp³-hybridized carbons (Fsp3) is 0.240. The summed E-state index contributed by atoms with van der Waals surface area (Å²) in [6, 6.07) is 17.2. The Morgan fingerprint density at radius 3 is 2.39 bits per heavy atom. The van der Waals surface area contributed by atoms with E-state index >= 15 is 0 Å². The summed E-state index contributed by atoms with van der Waals surface area (Å²) in [6.45, 7) is 1.81. The normalized spacial score (nSPS) is 14.5. The average Bonchev–Trinajstić information content (AvgIpc) is 2.73. The van der Waals surface area contributed by atoms with Gasteiger partial charge < -0.3 is 19.8 Å². The zero-order chi connectivity index (χ0) is 24.0. The summed E-state index contributed by atoms with van der Waals surface area (Å²) in [5.74, 6) is -0.127. The molecule has 1 aromatic heterocycles. The summed E-state index contributed by atoms with van der Waals surface area (Å²) in [5, 5.41) is 17.3. The number of carbonyl (C=O) groups is 2. The lowest BCUT2D eigenvalue weighted by Gasteiger charge is -2.38. The van der Waals surface area contributed by atoms with Gasteiger partial charge in [-0.2, -0.15) is 0 Å². The SMILES string of the molecule is CC(=O)O.COc1ccc(Cc2ccc(N3CCC3C(=O)O)nc2)cc1-c1cccc(Cl)c1. The van der Waals surface area contributed by atoms with Crippen LogP contribution < -0.4 is 9.64 Å². The predicted molar refractivity (Wildman–Crippen MR) is 127 cm³/mol. The number of hydrogen-bond acceptors (Lipinski definition) is 5. The van der Waals surface area contributed by atoms with Gasteiger partial charge in [0.1, 0.15) is 17.6 Å². The number of aliphatic carboxylic acids is 2. The molecule has 8 heteroatoms. The summed E-state index contributed by atoms with van der Waals surface area (Å²) in [4.78, 5) is 26.5. The molecule has 0 bridgehead atoms. The molecule has 1 atom stereocenters. The first kappa shape index (κ1) is 24.1. The minimum Gasteiger partial charge on any atom is -0.496 e. The second-order valence-electron chi connectivity index (χ2n) is 7.60. The van der Waals surface area contributed by atoms with Crippen LogP contribution in [0.2, 0.25) is 5.02 Å². The molecule has 0 aliphatic carbocycles. The van der Waals surface area contributed by atoms with Crippen molar-refractivity contribution < 1.29 is 24.5 Å². The molecule has 2 aromatic carbocycles. The Bertz CT molecular complexity index is 1130. The van der Waals surface area contributed by atoms with Crippen LogP contribution in [0.15, 0.2) is 60.8 Å². The number of carboxylic acid groups (broad SMARTS) is 2. The lowest BCUT2D eigenvalue weighted by atomic mass is 9.98. The van der Waals surface area contributed by atoms with E-state index in [4.69, 9.17) is 26.2 Å². The van der Waals surface area contributed by atoms with Gasteiger partial charge in [-0.25, -0.2) is 9.78 Å². The van der Waals surface area contributed by atoms with Crippen molar-refractivity contribution in [3.63, 3.8) is 0 Å². The molecule has 0 saturated carbocycles. The van der Waals surface area contributed by atoms with Gasteiger partial charge in [-0.1, -0.05) is 35.9 Å².